The molecule has 4 rings (SSSR count). The number of fused-ring (bicyclic) bond motifs is 3. The molecule has 0 saturated carbocycles. The van der Waals surface area contributed by atoms with Gasteiger partial charge in [-0.3, -0.25) is 10.7 Å². The number of nitrogens with one attached hydrogen (secondary N) is 2. The van der Waals surface area contributed by atoms with Gasteiger partial charge in [-0.1, -0.05) is 30.8 Å². The Morgan fingerprint density at radius 2 is 1.85 bits per heavy atom. The van der Waals surface area contributed by atoms with Crippen LogP contribution in [0.3, 0.4) is 0 Å². The molecular weight excluding hydrogens is 324 g/mol. The summed E-state index contributed by atoms with van der Waals surface area (Å²) in [6.45, 7) is 3.77. The molecule has 5 nitrogen and oxygen atoms in total. The molecule has 1 aromatic carbocycles. The van der Waals surface area contributed by atoms with Crippen molar-refractivity contribution in [2.75, 3.05) is 0 Å². The van der Waals surface area contributed by atoms with Crippen molar-refractivity contribution in [3.05, 3.63) is 65.4 Å². The molecule has 2 heterocycles. The molecule has 0 aliphatic heterocycles. The van der Waals surface area contributed by atoms with E-state index >= 15 is 0 Å². The molecule has 2 aromatic heterocycles. The average Bonchev–Trinajstić information content (AvgIpc) is 2.72. The van der Waals surface area contributed by atoms with Crippen LogP contribution in [0.1, 0.15) is 35.1 Å². The molecule has 26 heavy (non-hydrogen) atoms. The normalized spacial score (nSPS) is 13.3. The van der Waals surface area contributed by atoms with E-state index in [2.05, 4.69) is 17.0 Å². The van der Waals surface area contributed by atoms with Crippen LogP contribution in [0.25, 0.3) is 28.0 Å². The van der Waals surface area contributed by atoms with Gasteiger partial charge in [0.25, 0.3) is 0 Å². The van der Waals surface area contributed by atoms with E-state index in [-0.39, 0.29) is 0 Å². The predicted molar refractivity (Wildman–Crippen MR) is 103 cm³/mol. The van der Waals surface area contributed by atoms with Gasteiger partial charge in [-0.05, 0) is 48.4 Å². The van der Waals surface area contributed by atoms with E-state index in [4.69, 9.17) is 15.6 Å². The monoisotopic (exact) mass is 344 g/mol. The second kappa shape index (κ2) is 6.69. The van der Waals surface area contributed by atoms with Crippen LogP contribution in [0, 0.1) is 5.41 Å². The third kappa shape index (κ3) is 2.66. The second-order valence-electron chi connectivity index (χ2n) is 6.54. The van der Waals surface area contributed by atoms with Crippen molar-refractivity contribution in [2.24, 2.45) is 0 Å². The van der Waals surface area contributed by atoms with E-state index in [1.54, 1.807) is 6.20 Å². The minimum absolute atomic E-state index is 0.461. The lowest BCUT2D eigenvalue weighted by atomic mass is 9.86. The Bertz CT molecular complexity index is 1010. The lowest BCUT2D eigenvalue weighted by molar-refractivity contribution is 0.225. The highest BCUT2D eigenvalue weighted by Crippen LogP contribution is 2.35. The molecule has 1 aliphatic rings. The Balaban J connectivity index is 1.93. The Labute approximate surface area is 151 Å². The molecule has 0 fully saturated rings. The number of nitrogens with zero attached hydrogens (tertiary/aromatic N) is 2. The van der Waals surface area contributed by atoms with Crippen LogP contribution in [0.2, 0.25) is 0 Å². The fourth-order valence-electron chi connectivity index (χ4n) is 3.73. The summed E-state index contributed by atoms with van der Waals surface area (Å²) in [6, 6.07) is 9.73. The fraction of sp³-hybridized carbons (Fsp3) is 0.190. The molecule has 130 valence electrons. The third-order valence-corrected chi connectivity index (χ3v) is 5.03. The average molecular weight is 344 g/mol. The largest absolute Gasteiger partial charge is 0.308 e. The summed E-state index contributed by atoms with van der Waals surface area (Å²) < 4.78 is 0. The topological polar surface area (TPSA) is 81.9 Å². The Morgan fingerprint density at radius 3 is 2.54 bits per heavy atom. The molecule has 0 saturated heterocycles. The van der Waals surface area contributed by atoms with Crippen molar-refractivity contribution in [1.29, 1.82) is 5.41 Å². The van der Waals surface area contributed by atoms with Crippen molar-refractivity contribution >= 4 is 22.9 Å². The number of aryl methyl sites for hydroxylation is 1. The zero-order valence-electron chi connectivity index (χ0n) is 14.4. The lowest BCUT2D eigenvalue weighted by Gasteiger charge is -2.22. The van der Waals surface area contributed by atoms with Crippen LogP contribution in [0.15, 0.2) is 43.1 Å². The lowest BCUT2D eigenvalue weighted by Crippen LogP contribution is -2.09. The number of benzene rings is 1. The van der Waals surface area contributed by atoms with Gasteiger partial charge >= 0.3 is 0 Å². The zero-order valence-corrected chi connectivity index (χ0v) is 14.4. The second-order valence-corrected chi connectivity index (χ2v) is 6.54. The minimum atomic E-state index is 0.461. The number of aromatic nitrogens is 2. The van der Waals surface area contributed by atoms with Gasteiger partial charge in [0, 0.05) is 28.9 Å². The van der Waals surface area contributed by atoms with E-state index in [9.17, 15) is 0 Å². The van der Waals surface area contributed by atoms with E-state index in [1.165, 1.54) is 17.3 Å². The Kier molecular flexibility index (Phi) is 4.22. The summed E-state index contributed by atoms with van der Waals surface area (Å²) >= 11 is 0. The molecule has 0 atom stereocenters. The molecule has 5 heteroatoms. The number of pyridine rings is 2. The van der Waals surface area contributed by atoms with Crippen LogP contribution in [-0.2, 0) is 12.8 Å². The molecule has 0 radical (unpaired) electrons. The fourth-order valence-corrected chi connectivity index (χ4v) is 3.73. The van der Waals surface area contributed by atoms with Crippen LogP contribution >= 0.6 is 0 Å². The molecular formula is C21H20N4O. The predicted octanol–water partition coefficient (Wildman–Crippen LogP) is 4.12. The maximum atomic E-state index is 9.01. The van der Waals surface area contributed by atoms with Gasteiger partial charge in [-0.25, -0.2) is 9.97 Å². The zero-order chi connectivity index (χ0) is 18.1. The molecule has 0 bridgehead atoms. The number of hydroxylamine groups is 1. The quantitative estimate of drug-likeness (QED) is 0.491. The molecule has 3 aromatic rings. The Morgan fingerprint density at radius 1 is 1.12 bits per heavy atom. The smallest absolute Gasteiger partial charge is 0.160 e. The highest BCUT2D eigenvalue weighted by atomic mass is 16.5. The first-order valence-corrected chi connectivity index (χ1v) is 8.73. The van der Waals surface area contributed by atoms with E-state index in [0.717, 1.165) is 53.5 Å². The van der Waals surface area contributed by atoms with Gasteiger partial charge in [-0.2, -0.15) is 0 Å². The van der Waals surface area contributed by atoms with Gasteiger partial charge in [0.05, 0.1) is 11.4 Å². The van der Waals surface area contributed by atoms with Gasteiger partial charge in [0.15, 0.2) is 5.65 Å². The number of rotatable bonds is 4. The first-order chi connectivity index (χ1) is 12.7. The van der Waals surface area contributed by atoms with Gasteiger partial charge < -0.3 is 5.41 Å². The van der Waals surface area contributed by atoms with E-state index in [0.29, 0.717) is 11.3 Å². The van der Waals surface area contributed by atoms with Crippen molar-refractivity contribution in [1.82, 2.24) is 15.4 Å². The van der Waals surface area contributed by atoms with Gasteiger partial charge in [-0.15, -0.1) is 0 Å². The maximum absolute atomic E-state index is 9.01. The minimum Gasteiger partial charge on any atom is -0.308 e. The van der Waals surface area contributed by atoms with Gasteiger partial charge in [0.2, 0.25) is 0 Å². The van der Waals surface area contributed by atoms with Crippen molar-refractivity contribution < 1.29 is 5.21 Å². The van der Waals surface area contributed by atoms with Crippen LogP contribution < -0.4 is 5.48 Å². The standard InChI is InChI=1S/C21H20N4O/c1-13(25-26)14-6-8-15(9-7-14)20-18-5-3-2-4-17(18)19-16(12-22)10-11-23-21(19)24-20/h6-12,22,25-26H,1-5H2. The number of hydrogen-bond acceptors (Lipinski definition) is 5. The summed E-state index contributed by atoms with van der Waals surface area (Å²) in [7, 11) is 0. The van der Waals surface area contributed by atoms with Crippen molar-refractivity contribution in [3.63, 3.8) is 0 Å². The Hall–Kier alpha value is -3.05. The summed E-state index contributed by atoms with van der Waals surface area (Å²) in [5, 5.41) is 17.8. The molecule has 1 aliphatic carbocycles. The first kappa shape index (κ1) is 16.4. The highest BCUT2D eigenvalue weighted by Gasteiger charge is 2.21. The summed E-state index contributed by atoms with van der Waals surface area (Å²) in [6.07, 6.45) is 7.40. The summed E-state index contributed by atoms with van der Waals surface area (Å²) in [5.41, 5.74) is 9.51. The van der Waals surface area contributed by atoms with Crippen molar-refractivity contribution in [2.45, 2.75) is 25.7 Å². The van der Waals surface area contributed by atoms with Gasteiger partial charge in [0.1, 0.15) is 0 Å². The summed E-state index contributed by atoms with van der Waals surface area (Å²) in [4.78, 5) is 9.33. The van der Waals surface area contributed by atoms with Crippen LogP contribution in [-0.4, -0.2) is 21.4 Å². The van der Waals surface area contributed by atoms with Crippen molar-refractivity contribution in [3.8, 4) is 11.3 Å². The maximum Gasteiger partial charge on any atom is 0.160 e. The molecule has 0 unspecified atom stereocenters. The van der Waals surface area contributed by atoms with Crippen LogP contribution in [0.5, 0.6) is 0 Å². The number of hydrogen-bond donors (Lipinski definition) is 3. The summed E-state index contributed by atoms with van der Waals surface area (Å²) in [5.74, 6) is 0. The van der Waals surface area contributed by atoms with E-state index in [1.807, 2.05) is 30.3 Å². The van der Waals surface area contributed by atoms with E-state index < -0.39 is 0 Å². The highest BCUT2D eigenvalue weighted by molar-refractivity contribution is 5.99. The first-order valence-electron chi connectivity index (χ1n) is 8.73. The SMILES string of the molecule is C=C(NO)c1ccc(-c2nc3nccc(C=N)c3c3c2CCCC3)cc1. The third-order valence-electron chi connectivity index (χ3n) is 5.03. The molecule has 0 amide bonds. The van der Waals surface area contributed by atoms with Crippen LogP contribution in [0.4, 0.5) is 0 Å². The molecule has 0 spiro atoms. The molecule has 3 N–H and O–H groups in total.